The summed E-state index contributed by atoms with van der Waals surface area (Å²) < 4.78 is 0. The summed E-state index contributed by atoms with van der Waals surface area (Å²) in [6.07, 6.45) is 2.01. The van der Waals surface area contributed by atoms with Crippen LogP contribution in [-0.2, 0) is 4.79 Å². The van der Waals surface area contributed by atoms with Crippen LogP contribution < -0.4 is 0 Å². The van der Waals surface area contributed by atoms with Crippen molar-refractivity contribution in [1.29, 1.82) is 0 Å². The van der Waals surface area contributed by atoms with Gasteiger partial charge in [-0.15, -0.1) is 0 Å². The van der Waals surface area contributed by atoms with Crippen LogP contribution in [0.15, 0.2) is 42.0 Å². The van der Waals surface area contributed by atoms with Gasteiger partial charge in [0.1, 0.15) is 0 Å². The SMILES string of the molecule is CC1=CC(c2ccccc2)N(C)C1=O. The van der Waals surface area contributed by atoms with E-state index >= 15 is 0 Å². The molecule has 14 heavy (non-hydrogen) atoms. The highest BCUT2D eigenvalue weighted by atomic mass is 16.2. The third kappa shape index (κ3) is 1.33. The van der Waals surface area contributed by atoms with Crippen molar-refractivity contribution in [3.8, 4) is 0 Å². The van der Waals surface area contributed by atoms with Crippen molar-refractivity contribution in [2.45, 2.75) is 13.0 Å². The first-order valence-electron chi connectivity index (χ1n) is 4.70. The Labute approximate surface area is 83.8 Å². The van der Waals surface area contributed by atoms with E-state index in [-0.39, 0.29) is 11.9 Å². The van der Waals surface area contributed by atoms with Gasteiger partial charge in [-0.3, -0.25) is 4.79 Å². The Morgan fingerprint density at radius 2 is 1.86 bits per heavy atom. The lowest BCUT2D eigenvalue weighted by molar-refractivity contribution is -0.125. The average Bonchev–Trinajstić information content (AvgIpc) is 2.47. The van der Waals surface area contributed by atoms with E-state index in [1.54, 1.807) is 4.90 Å². The molecule has 0 fully saturated rings. The van der Waals surface area contributed by atoms with Gasteiger partial charge in [0.2, 0.25) is 5.91 Å². The number of benzene rings is 1. The van der Waals surface area contributed by atoms with Gasteiger partial charge in [0, 0.05) is 12.6 Å². The molecule has 1 aromatic rings. The van der Waals surface area contributed by atoms with Crippen LogP contribution in [-0.4, -0.2) is 17.9 Å². The normalized spacial score (nSPS) is 21.3. The van der Waals surface area contributed by atoms with Crippen LogP contribution in [0.2, 0.25) is 0 Å². The summed E-state index contributed by atoms with van der Waals surface area (Å²) >= 11 is 0. The second-order valence-corrected chi connectivity index (χ2v) is 3.62. The molecule has 1 atom stereocenters. The van der Waals surface area contributed by atoms with Crippen molar-refractivity contribution < 1.29 is 4.79 Å². The molecule has 0 aromatic heterocycles. The van der Waals surface area contributed by atoms with E-state index in [1.165, 1.54) is 5.56 Å². The molecule has 1 amide bonds. The molecule has 0 N–H and O–H groups in total. The molecule has 1 heterocycles. The minimum absolute atomic E-state index is 0.115. The number of nitrogens with zero attached hydrogens (tertiary/aromatic N) is 1. The maximum absolute atomic E-state index is 11.5. The maximum atomic E-state index is 11.5. The van der Waals surface area contributed by atoms with E-state index in [4.69, 9.17) is 0 Å². The van der Waals surface area contributed by atoms with E-state index < -0.39 is 0 Å². The Morgan fingerprint density at radius 3 is 2.36 bits per heavy atom. The number of rotatable bonds is 1. The second kappa shape index (κ2) is 3.29. The summed E-state index contributed by atoms with van der Waals surface area (Å²) in [7, 11) is 1.84. The van der Waals surface area contributed by atoms with Gasteiger partial charge in [-0.1, -0.05) is 30.3 Å². The first-order valence-corrected chi connectivity index (χ1v) is 4.70. The zero-order valence-electron chi connectivity index (χ0n) is 8.40. The fraction of sp³-hybridized carbons (Fsp3) is 0.250. The first kappa shape index (κ1) is 9.00. The van der Waals surface area contributed by atoms with Gasteiger partial charge in [0.15, 0.2) is 0 Å². The molecule has 1 aromatic carbocycles. The molecule has 1 unspecified atom stereocenters. The van der Waals surface area contributed by atoms with Gasteiger partial charge < -0.3 is 4.90 Å². The standard InChI is InChI=1S/C12H13NO/c1-9-8-11(13(2)12(9)14)10-6-4-3-5-7-10/h3-8,11H,1-2H3. The molecular formula is C12H13NO. The van der Waals surface area contributed by atoms with Gasteiger partial charge in [-0.25, -0.2) is 0 Å². The Hall–Kier alpha value is -1.57. The van der Waals surface area contributed by atoms with Crippen LogP contribution in [0.25, 0.3) is 0 Å². The summed E-state index contributed by atoms with van der Waals surface area (Å²) in [6, 6.07) is 10.2. The van der Waals surface area contributed by atoms with E-state index in [0.717, 1.165) is 5.57 Å². The molecule has 0 saturated heterocycles. The molecular weight excluding hydrogens is 174 g/mol. The van der Waals surface area contributed by atoms with Crippen LogP contribution in [0.5, 0.6) is 0 Å². The highest BCUT2D eigenvalue weighted by Gasteiger charge is 2.27. The molecule has 0 bridgehead atoms. The predicted octanol–water partition coefficient (Wildman–Crippen LogP) is 2.15. The first-order chi connectivity index (χ1) is 6.70. The minimum atomic E-state index is 0.115. The summed E-state index contributed by atoms with van der Waals surface area (Å²) in [4.78, 5) is 13.3. The second-order valence-electron chi connectivity index (χ2n) is 3.62. The Bertz CT molecular complexity index is 381. The molecule has 2 nitrogen and oxygen atoms in total. The van der Waals surface area contributed by atoms with Crippen LogP contribution in [0.1, 0.15) is 18.5 Å². The van der Waals surface area contributed by atoms with E-state index in [9.17, 15) is 4.79 Å². The number of carbonyl (C=O) groups is 1. The summed E-state index contributed by atoms with van der Waals surface area (Å²) in [6.45, 7) is 1.86. The van der Waals surface area contributed by atoms with Crippen molar-refractivity contribution in [3.05, 3.63) is 47.5 Å². The molecule has 2 rings (SSSR count). The van der Waals surface area contributed by atoms with Gasteiger partial charge in [0.05, 0.1) is 6.04 Å². The van der Waals surface area contributed by atoms with Crippen molar-refractivity contribution in [2.24, 2.45) is 0 Å². The fourth-order valence-corrected chi connectivity index (χ4v) is 1.79. The molecule has 0 radical (unpaired) electrons. The van der Waals surface area contributed by atoms with Crippen LogP contribution >= 0.6 is 0 Å². The van der Waals surface area contributed by atoms with E-state index in [0.29, 0.717) is 0 Å². The third-order valence-electron chi connectivity index (χ3n) is 2.62. The lowest BCUT2D eigenvalue weighted by Crippen LogP contribution is -2.24. The number of likely N-dealkylation sites (N-methyl/N-ethyl adjacent to an activating group) is 1. The van der Waals surface area contributed by atoms with Crippen molar-refractivity contribution in [1.82, 2.24) is 4.90 Å². The third-order valence-corrected chi connectivity index (χ3v) is 2.62. The van der Waals surface area contributed by atoms with Gasteiger partial charge >= 0.3 is 0 Å². The van der Waals surface area contributed by atoms with Gasteiger partial charge in [0.25, 0.3) is 0 Å². The van der Waals surface area contributed by atoms with E-state index in [2.05, 4.69) is 0 Å². The lowest BCUT2D eigenvalue weighted by atomic mass is 10.1. The van der Waals surface area contributed by atoms with Crippen LogP contribution in [0.4, 0.5) is 0 Å². The molecule has 72 valence electrons. The Morgan fingerprint density at radius 1 is 1.21 bits per heavy atom. The quantitative estimate of drug-likeness (QED) is 0.659. The predicted molar refractivity (Wildman–Crippen MR) is 55.7 cm³/mol. The summed E-state index contributed by atoms with van der Waals surface area (Å²) in [5.41, 5.74) is 2.00. The summed E-state index contributed by atoms with van der Waals surface area (Å²) in [5.74, 6) is 0.124. The lowest BCUT2D eigenvalue weighted by Gasteiger charge is -2.19. The number of hydrogen-bond acceptors (Lipinski definition) is 1. The Kier molecular flexibility index (Phi) is 2.12. The number of carbonyl (C=O) groups excluding carboxylic acids is 1. The van der Waals surface area contributed by atoms with Crippen LogP contribution in [0, 0.1) is 0 Å². The topological polar surface area (TPSA) is 20.3 Å². The number of amides is 1. The van der Waals surface area contributed by atoms with Crippen molar-refractivity contribution in [3.63, 3.8) is 0 Å². The highest BCUT2D eigenvalue weighted by molar-refractivity contribution is 5.95. The molecule has 2 heteroatoms. The molecule has 1 aliphatic rings. The molecule has 0 spiro atoms. The highest BCUT2D eigenvalue weighted by Crippen LogP contribution is 2.28. The van der Waals surface area contributed by atoms with Gasteiger partial charge in [-0.05, 0) is 18.6 Å². The maximum Gasteiger partial charge on any atom is 0.249 e. The van der Waals surface area contributed by atoms with E-state index in [1.807, 2.05) is 50.4 Å². The van der Waals surface area contributed by atoms with Crippen molar-refractivity contribution >= 4 is 5.91 Å². The minimum Gasteiger partial charge on any atom is -0.331 e. The monoisotopic (exact) mass is 187 g/mol. The smallest absolute Gasteiger partial charge is 0.249 e. The summed E-state index contributed by atoms with van der Waals surface area (Å²) in [5, 5.41) is 0. The van der Waals surface area contributed by atoms with Gasteiger partial charge in [-0.2, -0.15) is 0 Å². The molecule has 1 aliphatic heterocycles. The van der Waals surface area contributed by atoms with Crippen LogP contribution in [0.3, 0.4) is 0 Å². The zero-order valence-corrected chi connectivity index (χ0v) is 8.40. The Balaban J connectivity index is 2.34. The number of hydrogen-bond donors (Lipinski definition) is 0. The largest absolute Gasteiger partial charge is 0.331 e. The van der Waals surface area contributed by atoms with Crippen molar-refractivity contribution in [2.75, 3.05) is 7.05 Å². The average molecular weight is 187 g/mol. The molecule has 0 saturated carbocycles. The zero-order chi connectivity index (χ0) is 10.1. The molecule has 0 aliphatic carbocycles. The fourth-order valence-electron chi connectivity index (χ4n) is 1.79.